The normalized spacial score (nSPS) is 17.5. The van der Waals surface area contributed by atoms with Gasteiger partial charge >= 0.3 is 0 Å². The third-order valence-electron chi connectivity index (χ3n) is 5.78. The number of nitrogens with one attached hydrogen (secondary N) is 1. The molecule has 0 aromatic heterocycles. The van der Waals surface area contributed by atoms with Crippen molar-refractivity contribution in [3.63, 3.8) is 0 Å². The van der Waals surface area contributed by atoms with Crippen molar-refractivity contribution < 1.29 is 13.2 Å². The minimum atomic E-state index is -3.66. The third-order valence-corrected chi connectivity index (χ3v) is 8.26. The quantitative estimate of drug-likeness (QED) is 0.581. The molecule has 8 heteroatoms. The number of anilines is 1. The monoisotopic (exact) mass is 482 g/mol. The Morgan fingerprint density at radius 3 is 2.23 bits per heavy atom. The molecule has 0 saturated carbocycles. The highest BCUT2D eigenvalue weighted by molar-refractivity contribution is 7.88. The summed E-state index contributed by atoms with van der Waals surface area (Å²) in [5, 5.41) is 3.74. The topological polar surface area (TPSA) is 66.5 Å². The van der Waals surface area contributed by atoms with Gasteiger partial charge in [-0.1, -0.05) is 61.3 Å². The molecule has 1 atom stereocenters. The maximum Gasteiger partial charge on any atom is 0.228 e. The fourth-order valence-electron chi connectivity index (χ4n) is 3.98. The number of aryl methyl sites for hydroxylation is 2. The lowest BCUT2D eigenvalue weighted by Crippen LogP contribution is -2.44. The van der Waals surface area contributed by atoms with Gasteiger partial charge in [0, 0.05) is 34.4 Å². The minimum Gasteiger partial charge on any atom is -0.325 e. The highest BCUT2D eigenvalue weighted by atomic mass is 35.5. The Bertz CT molecular complexity index is 1010. The fourth-order valence-corrected chi connectivity index (χ4v) is 6.34. The number of piperidine rings is 1. The molecule has 2 aromatic carbocycles. The summed E-state index contributed by atoms with van der Waals surface area (Å²) in [6.07, 6.45) is 2.91. The lowest BCUT2D eigenvalue weighted by atomic mass is 9.97. The Hall–Kier alpha value is -1.60. The number of benzene rings is 2. The average molecular weight is 483 g/mol. The highest BCUT2D eigenvalue weighted by Crippen LogP contribution is 2.30. The number of hydrogen-bond acceptors (Lipinski definition) is 3. The van der Waals surface area contributed by atoms with Crippen LogP contribution in [0.1, 0.15) is 43.4 Å². The maximum atomic E-state index is 13.1. The van der Waals surface area contributed by atoms with Gasteiger partial charge in [0.15, 0.2) is 0 Å². The zero-order valence-electron chi connectivity index (χ0n) is 17.8. The van der Waals surface area contributed by atoms with Crippen molar-refractivity contribution in [2.45, 2.75) is 45.3 Å². The van der Waals surface area contributed by atoms with Gasteiger partial charge in [0.2, 0.25) is 15.9 Å². The first kappa shape index (κ1) is 24.1. The summed E-state index contributed by atoms with van der Waals surface area (Å²) < 4.78 is 27.5. The molecule has 31 heavy (non-hydrogen) atoms. The van der Waals surface area contributed by atoms with E-state index in [0.29, 0.717) is 35.0 Å². The van der Waals surface area contributed by atoms with Crippen molar-refractivity contribution in [2.75, 3.05) is 18.4 Å². The largest absolute Gasteiger partial charge is 0.325 e. The van der Waals surface area contributed by atoms with E-state index in [1.165, 1.54) is 4.31 Å². The van der Waals surface area contributed by atoms with Crippen LogP contribution in [0, 0.1) is 5.92 Å². The molecule has 1 aliphatic rings. The van der Waals surface area contributed by atoms with E-state index in [4.69, 9.17) is 23.2 Å². The van der Waals surface area contributed by atoms with Crippen LogP contribution in [-0.4, -0.2) is 31.7 Å². The highest BCUT2D eigenvalue weighted by Gasteiger charge is 2.33. The Balaban J connectivity index is 1.75. The molecular weight excluding hydrogens is 455 g/mol. The lowest BCUT2D eigenvalue weighted by molar-refractivity contribution is -0.120. The van der Waals surface area contributed by atoms with Crippen LogP contribution in [0.3, 0.4) is 0 Å². The van der Waals surface area contributed by atoms with Gasteiger partial charge in [-0.2, -0.15) is 0 Å². The maximum absolute atomic E-state index is 13.1. The number of sulfonamides is 1. The summed E-state index contributed by atoms with van der Waals surface area (Å²) in [7, 11) is -3.66. The van der Waals surface area contributed by atoms with Crippen LogP contribution in [-0.2, 0) is 33.4 Å². The van der Waals surface area contributed by atoms with Crippen LogP contribution >= 0.6 is 23.2 Å². The van der Waals surface area contributed by atoms with E-state index >= 15 is 0 Å². The molecule has 2 aromatic rings. The smallest absolute Gasteiger partial charge is 0.228 e. The summed E-state index contributed by atoms with van der Waals surface area (Å²) in [5.41, 5.74) is 3.42. The van der Waals surface area contributed by atoms with Crippen LogP contribution in [0.4, 0.5) is 5.69 Å². The van der Waals surface area contributed by atoms with Crippen molar-refractivity contribution in [1.82, 2.24) is 4.31 Å². The van der Waals surface area contributed by atoms with Gasteiger partial charge in [0.05, 0.1) is 11.7 Å². The second-order valence-corrected chi connectivity index (χ2v) is 10.6. The SMILES string of the molecule is CCc1cccc(CC)c1NC(=O)[C@H]1CCCN(S(=O)(=O)Cc2c(Cl)cccc2Cl)C1. The second-order valence-electron chi connectivity index (χ2n) is 7.80. The van der Waals surface area contributed by atoms with E-state index in [1.807, 2.05) is 18.2 Å². The zero-order valence-corrected chi connectivity index (χ0v) is 20.2. The standard InChI is InChI=1S/C23H28Cl2N2O3S/c1-3-16-8-5-9-17(4-2)22(16)26-23(28)18-10-7-13-27(14-18)31(29,30)15-19-20(24)11-6-12-21(19)25/h5-6,8-9,11-12,18H,3-4,7,10,13-15H2,1-2H3,(H,26,28)/t18-/m0/s1. The van der Waals surface area contributed by atoms with Crippen LogP contribution < -0.4 is 5.32 Å². The zero-order chi connectivity index (χ0) is 22.6. The van der Waals surface area contributed by atoms with Gasteiger partial charge < -0.3 is 5.32 Å². The predicted molar refractivity (Wildman–Crippen MR) is 127 cm³/mol. The van der Waals surface area contributed by atoms with E-state index in [-0.39, 0.29) is 18.2 Å². The first-order valence-electron chi connectivity index (χ1n) is 10.6. The number of rotatable bonds is 7. The molecule has 0 spiro atoms. The number of halogens is 2. The van der Waals surface area contributed by atoms with E-state index in [2.05, 4.69) is 19.2 Å². The second kappa shape index (κ2) is 10.3. The number of nitrogens with zero attached hydrogens (tertiary/aromatic N) is 1. The van der Waals surface area contributed by atoms with Crippen LogP contribution in [0.2, 0.25) is 10.0 Å². The van der Waals surface area contributed by atoms with Gasteiger partial charge in [-0.25, -0.2) is 12.7 Å². The number of hydrogen-bond donors (Lipinski definition) is 1. The fraction of sp³-hybridized carbons (Fsp3) is 0.435. The van der Waals surface area contributed by atoms with Gasteiger partial charge in [0.1, 0.15) is 0 Å². The average Bonchev–Trinajstić information content (AvgIpc) is 2.76. The summed E-state index contributed by atoms with van der Waals surface area (Å²) >= 11 is 12.3. The van der Waals surface area contributed by atoms with Crippen LogP contribution in [0.15, 0.2) is 36.4 Å². The summed E-state index contributed by atoms with van der Waals surface area (Å²) in [5.74, 6) is -0.815. The summed E-state index contributed by atoms with van der Waals surface area (Å²) in [6.45, 7) is 4.66. The molecule has 1 heterocycles. The van der Waals surface area contributed by atoms with Gasteiger partial charge in [-0.05, 0) is 48.9 Å². The molecule has 0 radical (unpaired) electrons. The van der Waals surface area contributed by atoms with Crippen LogP contribution in [0.25, 0.3) is 0 Å². The Labute approximate surface area is 194 Å². The molecule has 0 bridgehead atoms. The lowest BCUT2D eigenvalue weighted by Gasteiger charge is -2.31. The molecule has 1 saturated heterocycles. The number of carbonyl (C=O) groups is 1. The molecular formula is C23H28Cl2N2O3S. The van der Waals surface area contributed by atoms with E-state index in [9.17, 15) is 13.2 Å². The molecule has 5 nitrogen and oxygen atoms in total. The van der Waals surface area contributed by atoms with Gasteiger partial charge in [0.25, 0.3) is 0 Å². The van der Waals surface area contributed by atoms with E-state index < -0.39 is 15.9 Å². The first-order chi connectivity index (χ1) is 14.8. The first-order valence-corrected chi connectivity index (χ1v) is 13.0. The molecule has 1 amide bonds. The van der Waals surface area contributed by atoms with E-state index in [0.717, 1.165) is 29.7 Å². The number of amides is 1. The van der Waals surface area contributed by atoms with E-state index in [1.54, 1.807) is 18.2 Å². The Kier molecular flexibility index (Phi) is 8.03. The Morgan fingerprint density at radius 1 is 1.06 bits per heavy atom. The van der Waals surface area contributed by atoms with Crippen molar-refractivity contribution in [2.24, 2.45) is 5.92 Å². The van der Waals surface area contributed by atoms with Crippen molar-refractivity contribution in [3.8, 4) is 0 Å². The van der Waals surface area contributed by atoms with Crippen molar-refractivity contribution in [1.29, 1.82) is 0 Å². The molecule has 0 unspecified atom stereocenters. The molecule has 1 aliphatic heterocycles. The summed E-state index contributed by atoms with van der Waals surface area (Å²) in [6, 6.07) is 11.0. The number of para-hydroxylation sites is 1. The van der Waals surface area contributed by atoms with Crippen LogP contribution in [0.5, 0.6) is 0 Å². The third kappa shape index (κ3) is 5.61. The van der Waals surface area contributed by atoms with Crippen molar-refractivity contribution in [3.05, 3.63) is 63.1 Å². The van der Waals surface area contributed by atoms with Gasteiger partial charge in [-0.15, -0.1) is 0 Å². The molecule has 1 N–H and O–H groups in total. The van der Waals surface area contributed by atoms with Crippen molar-refractivity contribution >= 4 is 44.8 Å². The molecule has 168 valence electrons. The summed E-state index contributed by atoms with van der Waals surface area (Å²) in [4.78, 5) is 13.1. The Morgan fingerprint density at radius 2 is 1.65 bits per heavy atom. The minimum absolute atomic E-state index is 0.133. The molecule has 0 aliphatic carbocycles. The predicted octanol–water partition coefficient (Wildman–Crippen LogP) is 5.30. The number of carbonyl (C=O) groups excluding carboxylic acids is 1. The molecule has 1 fully saturated rings. The molecule has 3 rings (SSSR count). The van der Waals surface area contributed by atoms with Gasteiger partial charge in [-0.3, -0.25) is 4.79 Å².